The molecular formula is C17H14ClF2N5O. The Morgan fingerprint density at radius 1 is 1.27 bits per heavy atom. The molecule has 2 aromatic heterocycles. The van der Waals surface area contributed by atoms with Gasteiger partial charge in [0.05, 0.1) is 18.3 Å². The maximum Gasteiger partial charge on any atom is 0.265 e. The maximum absolute atomic E-state index is 13.1. The van der Waals surface area contributed by atoms with E-state index in [-0.39, 0.29) is 16.8 Å². The lowest BCUT2D eigenvalue weighted by Crippen LogP contribution is -2.27. The van der Waals surface area contributed by atoms with E-state index in [1.807, 2.05) is 6.07 Å². The van der Waals surface area contributed by atoms with E-state index in [0.717, 1.165) is 5.52 Å². The molecule has 1 atom stereocenters. The minimum absolute atomic E-state index is 0.0441. The molecule has 1 unspecified atom stereocenters. The summed E-state index contributed by atoms with van der Waals surface area (Å²) in [5.41, 5.74) is 5.45. The minimum atomic E-state index is -2.64. The predicted molar refractivity (Wildman–Crippen MR) is 94.0 cm³/mol. The summed E-state index contributed by atoms with van der Waals surface area (Å²) in [6.45, 7) is 2.19. The van der Waals surface area contributed by atoms with E-state index < -0.39 is 6.43 Å². The van der Waals surface area contributed by atoms with E-state index in [9.17, 15) is 8.78 Å². The van der Waals surface area contributed by atoms with Gasteiger partial charge in [0.25, 0.3) is 6.43 Å². The smallest absolute Gasteiger partial charge is 0.265 e. The molecule has 0 radical (unpaired) electrons. The van der Waals surface area contributed by atoms with Gasteiger partial charge in [-0.2, -0.15) is 5.10 Å². The molecule has 0 fully saturated rings. The molecule has 3 aromatic rings. The molecule has 3 heterocycles. The van der Waals surface area contributed by atoms with Gasteiger partial charge in [0.1, 0.15) is 5.52 Å². The van der Waals surface area contributed by atoms with Crippen molar-refractivity contribution in [3.63, 3.8) is 0 Å². The first-order valence-corrected chi connectivity index (χ1v) is 8.25. The third kappa shape index (κ3) is 3.08. The van der Waals surface area contributed by atoms with Crippen LogP contribution in [0.2, 0.25) is 5.02 Å². The molecule has 0 aliphatic carbocycles. The number of ether oxygens (including phenoxy) is 1. The van der Waals surface area contributed by atoms with Gasteiger partial charge in [-0.15, -0.1) is 5.10 Å². The van der Waals surface area contributed by atoms with Crippen molar-refractivity contribution in [1.82, 2.24) is 20.2 Å². The number of halogens is 3. The number of fused-ring (bicyclic) bond motifs is 1. The fraction of sp³-hybridized carbons (Fsp3) is 0.235. The van der Waals surface area contributed by atoms with Crippen LogP contribution in [-0.4, -0.2) is 26.9 Å². The Morgan fingerprint density at radius 3 is 2.85 bits per heavy atom. The predicted octanol–water partition coefficient (Wildman–Crippen LogP) is 3.97. The molecule has 0 saturated heterocycles. The molecule has 0 amide bonds. The lowest BCUT2D eigenvalue weighted by atomic mass is 10.0. The van der Waals surface area contributed by atoms with Crippen LogP contribution >= 0.6 is 11.6 Å². The summed E-state index contributed by atoms with van der Waals surface area (Å²) in [6, 6.07) is 6.40. The fourth-order valence-corrected chi connectivity index (χ4v) is 3.01. The van der Waals surface area contributed by atoms with E-state index >= 15 is 0 Å². The summed E-state index contributed by atoms with van der Waals surface area (Å²) in [6.07, 6.45) is 0.319. The number of nitrogens with zero attached hydrogens (tertiary/aromatic N) is 4. The standard InChI is InChI=1S/C17H14ClF2N5O/c1-9-23-24-16(26-9)8-25-15-5-11(6-21-14(15)7-22-25)10-2-3-13(18)12(4-10)17(19)20/h2-7,16-17,24H,8H2,1H3. The van der Waals surface area contributed by atoms with Crippen LogP contribution in [0.1, 0.15) is 18.9 Å². The molecule has 1 aliphatic rings. The highest BCUT2D eigenvalue weighted by molar-refractivity contribution is 6.31. The van der Waals surface area contributed by atoms with Crippen LogP contribution in [0.3, 0.4) is 0 Å². The molecule has 6 nitrogen and oxygen atoms in total. The van der Waals surface area contributed by atoms with Crippen molar-refractivity contribution in [2.45, 2.75) is 26.1 Å². The van der Waals surface area contributed by atoms with Gasteiger partial charge in [-0.25, -0.2) is 8.78 Å². The normalized spacial score (nSPS) is 16.7. The molecule has 4 rings (SSSR count). The highest BCUT2D eigenvalue weighted by Crippen LogP contribution is 2.32. The van der Waals surface area contributed by atoms with Gasteiger partial charge in [0.15, 0.2) is 0 Å². The second-order valence-corrected chi connectivity index (χ2v) is 6.27. The number of hydrazone groups is 1. The second-order valence-electron chi connectivity index (χ2n) is 5.86. The first kappa shape index (κ1) is 16.7. The first-order valence-electron chi connectivity index (χ1n) is 7.87. The summed E-state index contributed by atoms with van der Waals surface area (Å²) in [5.74, 6) is 0.561. The Hall–Kier alpha value is -2.74. The fourth-order valence-electron chi connectivity index (χ4n) is 2.81. The number of hydrogen-bond donors (Lipinski definition) is 1. The highest BCUT2D eigenvalue weighted by atomic mass is 35.5. The summed E-state index contributed by atoms with van der Waals surface area (Å²) >= 11 is 5.85. The van der Waals surface area contributed by atoms with Crippen LogP contribution in [0.25, 0.3) is 22.2 Å². The third-order valence-corrected chi connectivity index (χ3v) is 4.42. The number of pyridine rings is 1. The topological polar surface area (TPSA) is 64.3 Å². The first-order chi connectivity index (χ1) is 12.5. The van der Waals surface area contributed by atoms with Crippen LogP contribution in [0.4, 0.5) is 8.78 Å². The SMILES string of the molecule is CC1=NNC(Cn2ncc3ncc(-c4ccc(Cl)c(C(F)F)c4)cc32)O1. The number of aromatic nitrogens is 3. The van der Waals surface area contributed by atoms with Crippen molar-refractivity contribution in [3.8, 4) is 11.1 Å². The number of alkyl halides is 2. The van der Waals surface area contributed by atoms with Crippen molar-refractivity contribution in [3.05, 3.63) is 47.2 Å². The van der Waals surface area contributed by atoms with Crippen LogP contribution in [-0.2, 0) is 11.3 Å². The highest BCUT2D eigenvalue weighted by Gasteiger charge is 2.19. The average Bonchev–Trinajstić information content (AvgIpc) is 3.21. The number of rotatable bonds is 4. The van der Waals surface area contributed by atoms with Gasteiger partial charge in [0.2, 0.25) is 12.1 Å². The molecular weight excluding hydrogens is 364 g/mol. The van der Waals surface area contributed by atoms with Crippen LogP contribution < -0.4 is 5.43 Å². The van der Waals surface area contributed by atoms with Gasteiger partial charge >= 0.3 is 0 Å². The van der Waals surface area contributed by atoms with E-state index in [4.69, 9.17) is 16.3 Å². The minimum Gasteiger partial charge on any atom is -0.453 e. The average molecular weight is 378 g/mol. The zero-order chi connectivity index (χ0) is 18.3. The van der Waals surface area contributed by atoms with Gasteiger partial charge in [-0.1, -0.05) is 17.7 Å². The largest absolute Gasteiger partial charge is 0.453 e. The van der Waals surface area contributed by atoms with Gasteiger partial charge in [-0.05, 0) is 23.8 Å². The zero-order valence-corrected chi connectivity index (χ0v) is 14.4. The molecule has 0 saturated carbocycles. The Labute approximate surface area is 152 Å². The zero-order valence-electron chi connectivity index (χ0n) is 13.7. The second kappa shape index (κ2) is 6.53. The summed E-state index contributed by atoms with van der Waals surface area (Å²) < 4.78 is 33.5. The number of hydrogen-bond acceptors (Lipinski definition) is 5. The quantitative estimate of drug-likeness (QED) is 0.747. The van der Waals surface area contributed by atoms with E-state index in [1.165, 1.54) is 12.1 Å². The lowest BCUT2D eigenvalue weighted by Gasteiger charge is -2.12. The molecule has 9 heteroatoms. The van der Waals surface area contributed by atoms with Crippen molar-refractivity contribution < 1.29 is 13.5 Å². The van der Waals surface area contributed by atoms with Crippen LogP contribution in [0.5, 0.6) is 0 Å². The molecule has 134 valence electrons. The maximum atomic E-state index is 13.1. The Bertz CT molecular complexity index is 1000. The summed E-state index contributed by atoms with van der Waals surface area (Å²) in [5, 5.41) is 8.35. The van der Waals surface area contributed by atoms with Crippen molar-refractivity contribution >= 4 is 28.5 Å². The lowest BCUT2D eigenvalue weighted by molar-refractivity contribution is 0.151. The van der Waals surface area contributed by atoms with Crippen molar-refractivity contribution in [1.29, 1.82) is 0 Å². The third-order valence-electron chi connectivity index (χ3n) is 4.08. The number of benzene rings is 1. The van der Waals surface area contributed by atoms with E-state index in [2.05, 4.69) is 20.6 Å². The summed E-state index contributed by atoms with van der Waals surface area (Å²) in [4.78, 5) is 4.37. The van der Waals surface area contributed by atoms with Crippen LogP contribution in [0.15, 0.2) is 41.8 Å². The monoisotopic (exact) mass is 377 g/mol. The summed E-state index contributed by atoms with van der Waals surface area (Å²) in [7, 11) is 0. The molecule has 1 aliphatic heterocycles. The van der Waals surface area contributed by atoms with Crippen molar-refractivity contribution in [2.75, 3.05) is 0 Å². The van der Waals surface area contributed by atoms with E-state index in [0.29, 0.717) is 29.1 Å². The molecule has 0 spiro atoms. The number of nitrogens with one attached hydrogen (secondary N) is 1. The van der Waals surface area contributed by atoms with Crippen molar-refractivity contribution in [2.24, 2.45) is 5.10 Å². The Balaban J connectivity index is 1.69. The van der Waals surface area contributed by atoms with E-state index in [1.54, 1.807) is 30.1 Å². The molecule has 0 bridgehead atoms. The molecule has 26 heavy (non-hydrogen) atoms. The van der Waals surface area contributed by atoms with Gasteiger partial charge in [0, 0.05) is 29.3 Å². The molecule has 1 N–H and O–H groups in total. The van der Waals surface area contributed by atoms with Crippen LogP contribution in [0, 0.1) is 0 Å². The van der Waals surface area contributed by atoms with Gasteiger partial charge < -0.3 is 4.74 Å². The van der Waals surface area contributed by atoms with Gasteiger partial charge in [-0.3, -0.25) is 15.1 Å². The molecule has 1 aromatic carbocycles. The Kier molecular flexibility index (Phi) is 4.20. The Morgan fingerprint density at radius 2 is 2.12 bits per heavy atom.